The lowest BCUT2D eigenvalue weighted by Crippen LogP contribution is -2.41. The summed E-state index contributed by atoms with van der Waals surface area (Å²) in [7, 11) is 1.95. The fraction of sp³-hybridized carbons (Fsp3) is 0.562. The molecule has 0 radical (unpaired) electrons. The lowest BCUT2D eigenvalue weighted by Gasteiger charge is -2.24. The maximum atomic E-state index is 12.5. The van der Waals surface area contributed by atoms with Crippen molar-refractivity contribution in [1.82, 2.24) is 10.2 Å². The van der Waals surface area contributed by atoms with Crippen LogP contribution in [0.3, 0.4) is 0 Å². The highest BCUT2D eigenvalue weighted by Crippen LogP contribution is 2.27. The molecule has 0 aromatic heterocycles. The minimum atomic E-state index is 0.156. The van der Waals surface area contributed by atoms with Crippen molar-refractivity contribution in [2.75, 3.05) is 20.1 Å². The lowest BCUT2D eigenvalue weighted by atomic mass is 10.0. The Bertz CT molecular complexity index is 441. The Morgan fingerprint density at radius 1 is 1.32 bits per heavy atom. The molecule has 1 aromatic rings. The van der Waals surface area contributed by atoms with Gasteiger partial charge in [-0.1, -0.05) is 24.3 Å². The van der Waals surface area contributed by atoms with Crippen molar-refractivity contribution < 1.29 is 4.79 Å². The molecule has 1 unspecified atom stereocenters. The van der Waals surface area contributed by atoms with E-state index in [1.165, 1.54) is 24.0 Å². The smallest absolute Gasteiger partial charge is 0.226 e. The van der Waals surface area contributed by atoms with Gasteiger partial charge in [-0.25, -0.2) is 0 Å². The van der Waals surface area contributed by atoms with Gasteiger partial charge in [0.25, 0.3) is 0 Å². The number of likely N-dealkylation sites (N-methyl/N-ethyl adjacent to an activating group) is 1. The van der Waals surface area contributed by atoms with E-state index in [1.54, 1.807) is 0 Å². The van der Waals surface area contributed by atoms with E-state index in [2.05, 4.69) is 29.6 Å². The van der Waals surface area contributed by atoms with Crippen LogP contribution in [0.4, 0.5) is 0 Å². The van der Waals surface area contributed by atoms with Crippen molar-refractivity contribution in [1.29, 1.82) is 0 Å². The van der Waals surface area contributed by atoms with Gasteiger partial charge in [0.2, 0.25) is 5.91 Å². The molecule has 1 atom stereocenters. The van der Waals surface area contributed by atoms with Gasteiger partial charge in [0, 0.05) is 25.6 Å². The third-order valence-corrected chi connectivity index (χ3v) is 4.43. The second-order valence-corrected chi connectivity index (χ2v) is 5.89. The van der Waals surface area contributed by atoms with E-state index < -0.39 is 0 Å². The number of hydrogen-bond acceptors (Lipinski definition) is 2. The SMILES string of the molecule is CN(CC1CCCN1)C(=O)C1Cc2ccccc2C1. The van der Waals surface area contributed by atoms with E-state index in [0.29, 0.717) is 11.9 Å². The molecule has 1 amide bonds. The monoisotopic (exact) mass is 258 g/mol. The van der Waals surface area contributed by atoms with E-state index in [0.717, 1.165) is 25.9 Å². The van der Waals surface area contributed by atoms with Gasteiger partial charge in [-0.3, -0.25) is 4.79 Å². The highest BCUT2D eigenvalue weighted by molar-refractivity contribution is 5.80. The molecule has 3 rings (SSSR count). The van der Waals surface area contributed by atoms with Crippen LogP contribution >= 0.6 is 0 Å². The quantitative estimate of drug-likeness (QED) is 0.893. The third kappa shape index (κ3) is 2.66. The zero-order chi connectivity index (χ0) is 13.2. The van der Waals surface area contributed by atoms with Gasteiger partial charge in [0.05, 0.1) is 0 Å². The molecular formula is C16H22N2O. The van der Waals surface area contributed by atoms with Gasteiger partial charge in [-0.15, -0.1) is 0 Å². The summed E-state index contributed by atoms with van der Waals surface area (Å²) in [6.07, 6.45) is 4.26. The van der Waals surface area contributed by atoms with Gasteiger partial charge in [-0.2, -0.15) is 0 Å². The molecule has 1 heterocycles. The number of nitrogens with one attached hydrogen (secondary N) is 1. The molecule has 1 fully saturated rings. The highest BCUT2D eigenvalue weighted by Gasteiger charge is 2.30. The Hall–Kier alpha value is -1.35. The molecule has 2 aliphatic rings. The summed E-state index contributed by atoms with van der Waals surface area (Å²) in [5.41, 5.74) is 2.71. The van der Waals surface area contributed by atoms with E-state index >= 15 is 0 Å². The topological polar surface area (TPSA) is 32.3 Å². The molecule has 0 spiro atoms. The largest absolute Gasteiger partial charge is 0.344 e. The Labute approximate surface area is 115 Å². The van der Waals surface area contributed by atoms with Crippen LogP contribution in [0.25, 0.3) is 0 Å². The van der Waals surface area contributed by atoms with Crippen LogP contribution in [-0.4, -0.2) is 37.0 Å². The molecule has 1 saturated heterocycles. The Kier molecular flexibility index (Phi) is 3.56. The van der Waals surface area contributed by atoms with Gasteiger partial charge >= 0.3 is 0 Å². The Morgan fingerprint density at radius 3 is 2.58 bits per heavy atom. The minimum absolute atomic E-state index is 0.156. The first-order valence-electron chi connectivity index (χ1n) is 7.29. The first kappa shape index (κ1) is 12.7. The Morgan fingerprint density at radius 2 is 2.00 bits per heavy atom. The molecule has 3 nitrogen and oxygen atoms in total. The predicted octanol–water partition coefficient (Wildman–Crippen LogP) is 1.61. The van der Waals surface area contributed by atoms with Crippen molar-refractivity contribution in [2.45, 2.75) is 31.7 Å². The molecular weight excluding hydrogens is 236 g/mol. The van der Waals surface area contributed by atoms with Crippen molar-refractivity contribution in [3.05, 3.63) is 35.4 Å². The first-order valence-corrected chi connectivity index (χ1v) is 7.29. The number of amides is 1. The summed E-state index contributed by atoms with van der Waals surface area (Å²) in [6, 6.07) is 8.94. The van der Waals surface area contributed by atoms with E-state index in [4.69, 9.17) is 0 Å². The number of carbonyl (C=O) groups excluding carboxylic acids is 1. The summed E-state index contributed by atoms with van der Waals surface area (Å²) in [6.45, 7) is 1.95. The van der Waals surface area contributed by atoms with Gasteiger partial charge < -0.3 is 10.2 Å². The third-order valence-electron chi connectivity index (χ3n) is 4.43. The fourth-order valence-corrected chi connectivity index (χ4v) is 3.38. The molecule has 0 saturated carbocycles. The first-order chi connectivity index (χ1) is 9.24. The normalized spacial score (nSPS) is 22.5. The molecule has 0 bridgehead atoms. The van der Waals surface area contributed by atoms with Crippen LogP contribution in [0.2, 0.25) is 0 Å². The molecule has 3 heteroatoms. The van der Waals surface area contributed by atoms with Gasteiger partial charge in [-0.05, 0) is 43.4 Å². The number of hydrogen-bond donors (Lipinski definition) is 1. The maximum absolute atomic E-state index is 12.5. The average molecular weight is 258 g/mol. The summed E-state index contributed by atoms with van der Waals surface area (Å²) in [4.78, 5) is 14.4. The summed E-state index contributed by atoms with van der Waals surface area (Å²) < 4.78 is 0. The maximum Gasteiger partial charge on any atom is 0.226 e. The average Bonchev–Trinajstić information content (AvgIpc) is 3.05. The van der Waals surface area contributed by atoms with E-state index in [-0.39, 0.29) is 5.92 Å². The van der Waals surface area contributed by atoms with Crippen LogP contribution in [0.1, 0.15) is 24.0 Å². The Balaban J connectivity index is 1.59. The van der Waals surface area contributed by atoms with Crippen molar-refractivity contribution in [2.24, 2.45) is 5.92 Å². The minimum Gasteiger partial charge on any atom is -0.344 e. The number of nitrogens with zero attached hydrogens (tertiary/aromatic N) is 1. The lowest BCUT2D eigenvalue weighted by molar-refractivity contribution is -0.134. The molecule has 1 aliphatic carbocycles. The number of fused-ring (bicyclic) bond motifs is 1. The molecule has 19 heavy (non-hydrogen) atoms. The van der Waals surface area contributed by atoms with Crippen LogP contribution in [0.15, 0.2) is 24.3 Å². The van der Waals surface area contributed by atoms with Crippen LogP contribution in [0, 0.1) is 5.92 Å². The predicted molar refractivity (Wildman–Crippen MR) is 76.0 cm³/mol. The van der Waals surface area contributed by atoms with E-state index in [9.17, 15) is 4.79 Å². The zero-order valence-electron chi connectivity index (χ0n) is 11.6. The van der Waals surface area contributed by atoms with Gasteiger partial charge in [0.1, 0.15) is 0 Å². The highest BCUT2D eigenvalue weighted by atomic mass is 16.2. The van der Waals surface area contributed by atoms with Crippen LogP contribution < -0.4 is 5.32 Å². The molecule has 1 aromatic carbocycles. The van der Waals surface area contributed by atoms with Crippen molar-refractivity contribution >= 4 is 5.91 Å². The van der Waals surface area contributed by atoms with Crippen molar-refractivity contribution in [3.8, 4) is 0 Å². The second-order valence-electron chi connectivity index (χ2n) is 5.89. The number of rotatable bonds is 3. The van der Waals surface area contributed by atoms with Crippen molar-refractivity contribution in [3.63, 3.8) is 0 Å². The standard InChI is InChI=1S/C16H22N2O/c1-18(11-15-7-4-8-17-15)16(19)14-9-12-5-2-3-6-13(12)10-14/h2-3,5-6,14-15,17H,4,7-11H2,1H3. The molecule has 102 valence electrons. The second kappa shape index (κ2) is 5.33. The summed E-state index contributed by atoms with van der Waals surface area (Å²) in [5, 5.41) is 3.46. The van der Waals surface area contributed by atoms with Crippen LogP contribution in [-0.2, 0) is 17.6 Å². The summed E-state index contributed by atoms with van der Waals surface area (Å²) in [5.74, 6) is 0.466. The zero-order valence-corrected chi connectivity index (χ0v) is 11.6. The molecule has 1 N–H and O–H groups in total. The number of benzene rings is 1. The molecule has 1 aliphatic heterocycles. The fourth-order valence-electron chi connectivity index (χ4n) is 3.38. The van der Waals surface area contributed by atoms with E-state index in [1.807, 2.05) is 11.9 Å². The van der Waals surface area contributed by atoms with Gasteiger partial charge in [0.15, 0.2) is 0 Å². The number of carbonyl (C=O) groups is 1. The van der Waals surface area contributed by atoms with Crippen LogP contribution in [0.5, 0.6) is 0 Å². The summed E-state index contributed by atoms with van der Waals surface area (Å²) >= 11 is 0.